The van der Waals surface area contributed by atoms with Crippen molar-refractivity contribution >= 4 is 23.0 Å². The highest BCUT2D eigenvalue weighted by atomic mass is 16.2. The fourth-order valence-electron chi connectivity index (χ4n) is 3.01. The maximum absolute atomic E-state index is 12.8. The molecule has 2 aromatic carbocycles. The van der Waals surface area contributed by atoms with Gasteiger partial charge in [0.1, 0.15) is 0 Å². The summed E-state index contributed by atoms with van der Waals surface area (Å²) in [5.41, 5.74) is 16.6. The lowest BCUT2D eigenvalue weighted by Gasteiger charge is -2.31. The van der Waals surface area contributed by atoms with E-state index >= 15 is 0 Å². The average molecular weight is 281 g/mol. The third-order valence-electron chi connectivity index (χ3n) is 3.89. The molecule has 0 bridgehead atoms. The number of nitrogen functional groups attached to an aromatic ring is 2. The van der Waals surface area contributed by atoms with Crippen LogP contribution in [-0.4, -0.2) is 12.5 Å². The summed E-state index contributed by atoms with van der Waals surface area (Å²) in [5, 5.41) is 0. The Kier molecular flexibility index (Phi) is 3.29. The molecule has 4 nitrogen and oxygen atoms in total. The van der Waals surface area contributed by atoms with E-state index in [-0.39, 0.29) is 5.91 Å². The molecule has 0 radical (unpaired) electrons. The van der Waals surface area contributed by atoms with Crippen molar-refractivity contribution in [2.24, 2.45) is 0 Å². The van der Waals surface area contributed by atoms with Gasteiger partial charge in [0.25, 0.3) is 5.91 Å². The zero-order chi connectivity index (χ0) is 15.0. The Hall–Kier alpha value is -2.49. The molecule has 0 atom stereocenters. The predicted octanol–water partition coefficient (Wildman–Crippen LogP) is 2.75. The molecule has 0 saturated carbocycles. The van der Waals surface area contributed by atoms with Crippen molar-refractivity contribution in [3.8, 4) is 0 Å². The fraction of sp³-hybridized carbons (Fsp3) is 0.235. The number of anilines is 3. The summed E-state index contributed by atoms with van der Waals surface area (Å²) >= 11 is 0. The highest BCUT2D eigenvalue weighted by Crippen LogP contribution is 2.32. The minimum Gasteiger partial charge on any atom is -0.399 e. The molecule has 0 aliphatic carbocycles. The zero-order valence-electron chi connectivity index (χ0n) is 12.1. The van der Waals surface area contributed by atoms with Crippen LogP contribution in [-0.2, 0) is 6.42 Å². The van der Waals surface area contributed by atoms with Crippen molar-refractivity contribution in [3.63, 3.8) is 0 Å². The summed E-state index contributed by atoms with van der Waals surface area (Å²) in [5.74, 6) is -0.0377. The van der Waals surface area contributed by atoms with E-state index in [0.717, 1.165) is 30.6 Å². The van der Waals surface area contributed by atoms with Gasteiger partial charge in [-0.15, -0.1) is 0 Å². The molecule has 21 heavy (non-hydrogen) atoms. The molecular weight excluding hydrogens is 262 g/mol. The number of fused-ring (bicyclic) bond motifs is 1. The predicted molar refractivity (Wildman–Crippen MR) is 86.4 cm³/mol. The number of benzene rings is 2. The third-order valence-corrected chi connectivity index (χ3v) is 3.89. The van der Waals surface area contributed by atoms with Gasteiger partial charge in [0, 0.05) is 23.5 Å². The quantitative estimate of drug-likeness (QED) is 0.789. The third kappa shape index (κ3) is 2.44. The maximum Gasteiger partial charge on any atom is 0.258 e. The molecule has 0 spiro atoms. The standard InChI is InChI=1S/C17H19N3O/c1-11-4-2-5-12-6-3-7-20(16(11)12)17(21)13-8-14(18)10-15(19)9-13/h2,4-5,8-10H,3,6-7,18-19H2,1H3. The number of amides is 1. The molecule has 0 fully saturated rings. The number of hydrogen-bond donors (Lipinski definition) is 2. The van der Waals surface area contributed by atoms with E-state index in [9.17, 15) is 4.79 Å². The molecule has 1 aliphatic rings. The van der Waals surface area contributed by atoms with Gasteiger partial charge >= 0.3 is 0 Å². The van der Waals surface area contributed by atoms with Crippen LogP contribution in [0.5, 0.6) is 0 Å². The number of aryl methyl sites for hydroxylation is 2. The van der Waals surface area contributed by atoms with Crippen LogP contribution in [0.1, 0.15) is 27.9 Å². The molecule has 4 heteroatoms. The van der Waals surface area contributed by atoms with Gasteiger partial charge in [0.15, 0.2) is 0 Å². The SMILES string of the molecule is Cc1cccc2c1N(C(=O)c1cc(N)cc(N)c1)CCC2. The Labute approximate surface area is 124 Å². The molecule has 4 N–H and O–H groups in total. The van der Waals surface area contributed by atoms with E-state index in [1.54, 1.807) is 18.2 Å². The molecule has 2 aromatic rings. The number of hydrogen-bond acceptors (Lipinski definition) is 3. The first kappa shape index (κ1) is 13.5. The Morgan fingerprint density at radius 2 is 1.86 bits per heavy atom. The van der Waals surface area contributed by atoms with Crippen LogP contribution < -0.4 is 16.4 Å². The second-order valence-electron chi connectivity index (χ2n) is 5.53. The normalized spacial score (nSPS) is 13.9. The van der Waals surface area contributed by atoms with Gasteiger partial charge in [-0.05, 0) is 49.1 Å². The lowest BCUT2D eigenvalue weighted by Crippen LogP contribution is -2.36. The summed E-state index contributed by atoms with van der Waals surface area (Å²) in [6.45, 7) is 2.77. The van der Waals surface area contributed by atoms with Gasteiger partial charge in [-0.1, -0.05) is 18.2 Å². The van der Waals surface area contributed by atoms with Crippen LogP contribution in [0.25, 0.3) is 0 Å². The molecule has 0 saturated heterocycles. The van der Waals surface area contributed by atoms with Crippen molar-refractivity contribution in [1.29, 1.82) is 0 Å². The number of carbonyl (C=O) groups is 1. The molecule has 0 aromatic heterocycles. The monoisotopic (exact) mass is 281 g/mol. The number of nitrogens with two attached hydrogens (primary N) is 2. The van der Waals surface area contributed by atoms with Crippen molar-refractivity contribution in [2.45, 2.75) is 19.8 Å². The van der Waals surface area contributed by atoms with Crippen molar-refractivity contribution in [1.82, 2.24) is 0 Å². The molecule has 1 amide bonds. The van der Waals surface area contributed by atoms with Crippen LogP contribution >= 0.6 is 0 Å². The first-order chi connectivity index (χ1) is 10.1. The van der Waals surface area contributed by atoms with E-state index in [1.165, 1.54) is 5.56 Å². The van der Waals surface area contributed by atoms with Gasteiger partial charge in [-0.3, -0.25) is 4.79 Å². The second-order valence-corrected chi connectivity index (χ2v) is 5.53. The van der Waals surface area contributed by atoms with E-state index in [2.05, 4.69) is 6.07 Å². The van der Waals surface area contributed by atoms with E-state index in [1.807, 2.05) is 24.0 Å². The summed E-state index contributed by atoms with van der Waals surface area (Å²) in [6.07, 6.45) is 1.99. The Balaban J connectivity index is 2.04. The Morgan fingerprint density at radius 1 is 1.14 bits per heavy atom. The lowest BCUT2D eigenvalue weighted by molar-refractivity contribution is 0.0985. The van der Waals surface area contributed by atoms with E-state index in [0.29, 0.717) is 16.9 Å². The van der Waals surface area contributed by atoms with Gasteiger partial charge in [-0.2, -0.15) is 0 Å². The molecular formula is C17H19N3O. The largest absolute Gasteiger partial charge is 0.399 e. The van der Waals surface area contributed by atoms with E-state index < -0.39 is 0 Å². The van der Waals surface area contributed by atoms with Crippen LogP contribution in [0.15, 0.2) is 36.4 Å². The number of carbonyl (C=O) groups excluding carboxylic acids is 1. The average Bonchev–Trinajstić information content (AvgIpc) is 2.45. The van der Waals surface area contributed by atoms with Crippen LogP contribution in [0.3, 0.4) is 0 Å². The highest BCUT2D eigenvalue weighted by molar-refractivity contribution is 6.08. The van der Waals surface area contributed by atoms with Gasteiger partial charge in [0.2, 0.25) is 0 Å². The molecule has 3 rings (SSSR count). The van der Waals surface area contributed by atoms with Crippen molar-refractivity contribution in [2.75, 3.05) is 22.9 Å². The number of para-hydroxylation sites is 1. The van der Waals surface area contributed by atoms with Crippen LogP contribution in [0.4, 0.5) is 17.1 Å². The smallest absolute Gasteiger partial charge is 0.258 e. The Bertz CT molecular complexity index is 689. The minimum atomic E-state index is -0.0377. The fourth-order valence-corrected chi connectivity index (χ4v) is 3.01. The second kappa shape index (κ2) is 5.13. The summed E-state index contributed by atoms with van der Waals surface area (Å²) in [7, 11) is 0. The number of rotatable bonds is 1. The van der Waals surface area contributed by atoms with Crippen molar-refractivity contribution in [3.05, 3.63) is 53.1 Å². The summed E-state index contributed by atoms with van der Waals surface area (Å²) < 4.78 is 0. The maximum atomic E-state index is 12.8. The van der Waals surface area contributed by atoms with Gasteiger partial charge in [-0.25, -0.2) is 0 Å². The highest BCUT2D eigenvalue weighted by Gasteiger charge is 2.25. The zero-order valence-corrected chi connectivity index (χ0v) is 12.1. The number of nitrogens with zero attached hydrogens (tertiary/aromatic N) is 1. The summed E-state index contributed by atoms with van der Waals surface area (Å²) in [4.78, 5) is 14.7. The minimum absolute atomic E-state index is 0.0377. The van der Waals surface area contributed by atoms with Gasteiger partial charge in [0.05, 0.1) is 5.69 Å². The van der Waals surface area contributed by atoms with Crippen LogP contribution in [0.2, 0.25) is 0 Å². The van der Waals surface area contributed by atoms with Crippen LogP contribution in [0, 0.1) is 6.92 Å². The molecule has 1 heterocycles. The lowest BCUT2D eigenvalue weighted by atomic mass is 9.97. The first-order valence-electron chi connectivity index (χ1n) is 7.12. The molecule has 108 valence electrons. The van der Waals surface area contributed by atoms with Crippen molar-refractivity contribution < 1.29 is 4.79 Å². The van der Waals surface area contributed by atoms with E-state index in [4.69, 9.17) is 11.5 Å². The van der Waals surface area contributed by atoms with Gasteiger partial charge < -0.3 is 16.4 Å². The Morgan fingerprint density at radius 3 is 2.57 bits per heavy atom. The topological polar surface area (TPSA) is 72.3 Å². The first-order valence-corrected chi connectivity index (χ1v) is 7.12. The molecule has 0 unspecified atom stereocenters. The molecule has 1 aliphatic heterocycles. The summed E-state index contributed by atoms with van der Waals surface area (Å²) in [6, 6.07) is 11.2.